The van der Waals surface area contributed by atoms with Crippen LogP contribution in [0.5, 0.6) is 11.5 Å². The summed E-state index contributed by atoms with van der Waals surface area (Å²) in [7, 11) is 3.38. The van der Waals surface area contributed by atoms with E-state index in [1.54, 1.807) is 20.4 Å². The highest BCUT2D eigenvalue weighted by atomic mass is 16.5. The molecule has 0 unspecified atom stereocenters. The molecule has 30 heavy (non-hydrogen) atoms. The van der Waals surface area contributed by atoms with Crippen LogP contribution in [0.15, 0.2) is 64.2 Å². The molecule has 0 bridgehead atoms. The Morgan fingerprint density at radius 3 is 2.67 bits per heavy atom. The van der Waals surface area contributed by atoms with E-state index in [2.05, 4.69) is 27.5 Å². The molecule has 0 amide bonds. The predicted molar refractivity (Wildman–Crippen MR) is 118 cm³/mol. The number of nitrogens with zero attached hydrogens (tertiary/aromatic N) is 2. The summed E-state index contributed by atoms with van der Waals surface area (Å²) in [5.74, 6) is 2.90. The minimum atomic E-state index is 0.523. The molecule has 2 aromatic carbocycles. The number of nitrogens with one attached hydrogen (secondary N) is 2. The van der Waals surface area contributed by atoms with Crippen molar-refractivity contribution in [2.24, 2.45) is 4.99 Å². The normalized spacial score (nSPS) is 11.2. The standard InChI is InChI=1S/C23H28N4O3/c1-17-8-10-18(11-9-17)22-27-19(16-30-22)15-26-23(24-2)25-12-5-13-29-21-7-4-6-20(14-21)28-3/h4,6-11,14,16H,5,12-13,15H2,1-3H3,(H2,24,25,26). The molecule has 3 rings (SSSR count). The van der Waals surface area contributed by atoms with Gasteiger partial charge in [0.05, 0.1) is 26.0 Å². The van der Waals surface area contributed by atoms with Crippen molar-refractivity contribution in [2.75, 3.05) is 27.3 Å². The Morgan fingerprint density at radius 1 is 1.10 bits per heavy atom. The summed E-state index contributed by atoms with van der Waals surface area (Å²) < 4.78 is 16.5. The minimum Gasteiger partial charge on any atom is -0.497 e. The molecule has 0 fully saturated rings. The first-order chi connectivity index (χ1) is 14.7. The number of oxazole rings is 1. The highest BCUT2D eigenvalue weighted by Crippen LogP contribution is 2.19. The van der Waals surface area contributed by atoms with Crippen LogP contribution >= 0.6 is 0 Å². The van der Waals surface area contributed by atoms with E-state index in [-0.39, 0.29) is 0 Å². The Hall–Kier alpha value is -3.48. The Morgan fingerprint density at radius 2 is 1.90 bits per heavy atom. The van der Waals surface area contributed by atoms with Gasteiger partial charge in [-0.2, -0.15) is 0 Å². The van der Waals surface area contributed by atoms with Crippen LogP contribution in [0, 0.1) is 6.92 Å². The second-order valence-corrected chi connectivity index (χ2v) is 6.74. The van der Waals surface area contributed by atoms with Crippen molar-refractivity contribution in [2.45, 2.75) is 19.9 Å². The Bertz CT molecular complexity index is 951. The highest BCUT2D eigenvalue weighted by molar-refractivity contribution is 5.79. The Kier molecular flexibility index (Phi) is 7.71. The van der Waals surface area contributed by atoms with E-state index in [0.29, 0.717) is 25.0 Å². The van der Waals surface area contributed by atoms with Crippen LogP contribution in [0.25, 0.3) is 11.5 Å². The van der Waals surface area contributed by atoms with Gasteiger partial charge in [-0.1, -0.05) is 23.8 Å². The molecular weight excluding hydrogens is 380 g/mol. The quantitative estimate of drug-likeness (QED) is 0.319. The molecule has 0 radical (unpaired) electrons. The maximum absolute atomic E-state index is 5.74. The monoisotopic (exact) mass is 408 g/mol. The number of hydrogen-bond donors (Lipinski definition) is 2. The SMILES string of the molecule is CN=C(NCCCOc1cccc(OC)c1)NCc1coc(-c2ccc(C)cc2)n1. The second-order valence-electron chi connectivity index (χ2n) is 6.74. The maximum atomic E-state index is 5.74. The van der Waals surface area contributed by atoms with Gasteiger partial charge < -0.3 is 24.5 Å². The van der Waals surface area contributed by atoms with E-state index in [1.165, 1.54) is 5.56 Å². The van der Waals surface area contributed by atoms with E-state index >= 15 is 0 Å². The molecule has 1 aromatic heterocycles. The number of aromatic nitrogens is 1. The number of benzene rings is 2. The average Bonchev–Trinajstić information content (AvgIpc) is 3.25. The number of aryl methyl sites for hydroxylation is 1. The largest absolute Gasteiger partial charge is 0.497 e. The van der Waals surface area contributed by atoms with Crippen LogP contribution in [0.4, 0.5) is 0 Å². The van der Waals surface area contributed by atoms with Crippen molar-refractivity contribution in [3.05, 3.63) is 66.1 Å². The van der Waals surface area contributed by atoms with Gasteiger partial charge in [-0.3, -0.25) is 4.99 Å². The van der Waals surface area contributed by atoms with Crippen LogP contribution in [0.3, 0.4) is 0 Å². The summed E-state index contributed by atoms with van der Waals surface area (Å²) in [5.41, 5.74) is 2.98. The molecule has 0 aliphatic rings. The number of hydrogen-bond acceptors (Lipinski definition) is 5. The van der Waals surface area contributed by atoms with Crippen molar-refractivity contribution < 1.29 is 13.9 Å². The summed E-state index contributed by atoms with van der Waals surface area (Å²) in [6.45, 7) is 3.91. The molecule has 0 saturated heterocycles. The molecule has 3 aromatic rings. The van der Waals surface area contributed by atoms with Crippen LogP contribution < -0.4 is 20.1 Å². The van der Waals surface area contributed by atoms with Gasteiger partial charge >= 0.3 is 0 Å². The zero-order chi connectivity index (χ0) is 21.2. The van der Waals surface area contributed by atoms with Crippen molar-refractivity contribution in [1.29, 1.82) is 0 Å². The summed E-state index contributed by atoms with van der Waals surface area (Å²) >= 11 is 0. The van der Waals surface area contributed by atoms with Gasteiger partial charge in [0.25, 0.3) is 0 Å². The molecule has 158 valence electrons. The van der Waals surface area contributed by atoms with Crippen LogP contribution in [-0.4, -0.2) is 38.3 Å². The van der Waals surface area contributed by atoms with Gasteiger partial charge in [0.15, 0.2) is 5.96 Å². The molecule has 0 saturated carbocycles. The number of rotatable bonds is 9. The first kappa shape index (κ1) is 21.2. The third-order valence-corrected chi connectivity index (χ3v) is 4.43. The lowest BCUT2D eigenvalue weighted by atomic mass is 10.1. The molecule has 7 heteroatoms. The van der Waals surface area contributed by atoms with Crippen LogP contribution in [0.2, 0.25) is 0 Å². The van der Waals surface area contributed by atoms with Crippen LogP contribution in [0.1, 0.15) is 17.7 Å². The van der Waals surface area contributed by atoms with E-state index in [9.17, 15) is 0 Å². The third-order valence-electron chi connectivity index (χ3n) is 4.43. The van der Waals surface area contributed by atoms with Gasteiger partial charge in [-0.25, -0.2) is 4.98 Å². The van der Waals surface area contributed by atoms with E-state index in [0.717, 1.165) is 35.7 Å². The van der Waals surface area contributed by atoms with E-state index in [4.69, 9.17) is 13.9 Å². The van der Waals surface area contributed by atoms with Crippen molar-refractivity contribution >= 4 is 5.96 Å². The van der Waals surface area contributed by atoms with Crippen molar-refractivity contribution in [1.82, 2.24) is 15.6 Å². The summed E-state index contributed by atoms with van der Waals surface area (Å²) in [6, 6.07) is 15.7. The molecule has 0 aliphatic heterocycles. The predicted octanol–water partition coefficient (Wildman–Crippen LogP) is 3.79. The lowest BCUT2D eigenvalue weighted by Gasteiger charge is -2.11. The molecule has 2 N–H and O–H groups in total. The smallest absolute Gasteiger partial charge is 0.226 e. The number of aliphatic imine (C=N–C) groups is 1. The molecular formula is C23H28N4O3. The van der Waals surface area contributed by atoms with Gasteiger partial charge in [0.2, 0.25) is 5.89 Å². The molecule has 7 nitrogen and oxygen atoms in total. The fourth-order valence-corrected chi connectivity index (χ4v) is 2.77. The molecule has 1 heterocycles. The van der Waals surface area contributed by atoms with Gasteiger partial charge in [-0.15, -0.1) is 0 Å². The summed E-state index contributed by atoms with van der Waals surface area (Å²) in [6.07, 6.45) is 2.50. The third kappa shape index (κ3) is 6.27. The van der Waals surface area contributed by atoms with Crippen molar-refractivity contribution in [3.63, 3.8) is 0 Å². The zero-order valence-electron chi connectivity index (χ0n) is 17.6. The topological polar surface area (TPSA) is 80.9 Å². The van der Waals surface area contributed by atoms with Gasteiger partial charge in [-0.05, 0) is 37.6 Å². The fourth-order valence-electron chi connectivity index (χ4n) is 2.77. The lowest BCUT2D eigenvalue weighted by Crippen LogP contribution is -2.37. The zero-order valence-corrected chi connectivity index (χ0v) is 17.6. The van der Waals surface area contributed by atoms with Crippen LogP contribution in [-0.2, 0) is 6.54 Å². The second kappa shape index (κ2) is 10.9. The van der Waals surface area contributed by atoms with Gasteiger partial charge in [0, 0.05) is 25.2 Å². The van der Waals surface area contributed by atoms with Gasteiger partial charge in [0.1, 0.15) is 17.8 Å². The highest BCUT2D eigenvalue weighted by Gasteiger charge is 2.07. The first-order valence-electron chi connectivity index (χ1n) is 9.91. The average molecular weight is 409 g/mol. The molecule has 0 spiro atoms. The number of ether oxygens (including phenoxy) is 2. The van der Waals surface area contributed by atoms with E-state index in [1.807, 2.05) is 48.5 Å². The number of methoxy groups -OCH3 is 1. The minimum absolute atomic E-state index is 0.523. The summed E-state index contributed by atoms with van der Waals surface area (Å²) in [5, 5.41) is 6.51. The van der Waals surface area contributed by atoms with E-state index < -0.39 is 0 Å². The Balaban J connectivity index is 1.38. The molecule has 0 aliphatic carbocycles. The molecule has 0 atom stereocenters. The Labute approximate surface area is 177 Å². The lowest BCUT2D eigenvalue weighted by molar-refractivity contribution is 0.308. The fraction of sp³-hybridized carbons (Fsp3) is 0.304. The van der Waals surface area contributed by atoms with Crippen molar-refractivity contribution in [3.8, 4) is 23.0 Å². The summed E-state index contributed by atoms with van der Waals surface area (Å²) in [4.78, 5) is 8.77. The number of guanidine groups is 1. The first-order valence-corrected chi connectivity index (χ1v) is 9.91. The maximum Gasteiger partial charge on any atom is 0.226 e.